The van der Waals surface area contributed by atoms with Crippen LogP contribution >= 0.6 is 11.3 Å². The largest absolute Gasteiger partial charge is 0.417 e. The maximum Gasteiger partial charge on any atom is 0.417 e. The maximum absolute atomic E-state index is 12.7. The fourth-order valence-corrected chi connectivity index (χ4v) is 3.92. The second-order valence-electron chi connectivity index (χ2n) is 6.62. The third-order valence-electron chi connectivity index (χ3n) is 4.61. The highest BCUT2D eigenvalue weighted by Crippen LogP contribution is 2.29. The second kappa shape index (κ2) is 8.24. The fraction of sp³-hybridized carbons (Fsp3) is 0.500. The Labute approximate surface area is 159 Å². The van der Waals surface area contributed by atoms with Crippen molar-refractivity contribution < 1.29 is 18.0 Å². The molecule has 1 atom stereocenters. The summed E-state index contributed by atoms with van der Waals surface area (Å²) in [6.07, 6.45) is -0.767. The van der Waals surface area contributed by atoms with E-state index in [2.05, 4.69) is 15.3 Å². The Morgan fingerprint density at radius 2 is 2.19 bits per heavy atom. The van der Waals surface area contributed by atoms with Crippen LogP contribution in [0.2, 0.25) is 0 Å². The minimum absolute atomic E-state index is 0.0185. The van der Waals surface area contributed by atoms with Crippen molar-refractivity contribution in [2.45, 2.75) is 44.8 Å². The number of nitrogens with zero attached hydrogens (tertiary/aromatic N) is 3. The molecule has 1 aliphatic rings. The van der Waals surface area contributed by atoms with E-state index in [1.807, 2.05) is 11.8 Å². The zero-order valence-electron chi connectivity index (χ0n) is 14.9. The molecule has 27 heavy (non-hydrogen) atoms. The molecule has 0 aromatic carbocycles. The van der Waals surface area contributed by atoms with E-state index in [4.69, 9.17) is 0 Å². The number of halogens is 3. The maximum atomic E-state index is 12.7. The van der Waals surface area contributed by atoms with Crippen LogP contribution in [-0.4, -0.2) is 35.0 Å². The molecule has 1 saturated heterocycles. The first kappa shape index (κ1) is 19.6. The van der Waals surface area contributed by atoms with E-state index in [1.165, 1.54) is 6.07 Å². The predicted octanol–water partition coefficient (Wildman–Crippen LogP) is 3.58. The van der Waals surface area contributed by atoms with Crippen LogP contribution in [0, 0.1) is 6.92 Å². The molecule has 3 rings (SSSR count). The van der Waals surface area contributed by atoms with Gasteiger partial charge in [0.25, 0.3) is 0 Å². The van der Waals surface area contributed by atoms with Gasteiger partial charge in [0.2, 0.25) is 5.91 Å². The number of hydrogen-bond donors (Lipinski definition) is 1. The van der Waals surface area contributed by atoms with Crippen molar-refractivity contribution in [1.82, 2.24) is 15.3 Å². The molecule has 2 aromatic rings. The number of carbonyl (C=O) groups excluding carboxylic acids is 1. The van der Waals surface area contributed by atoms with Gasteiger partial charge in [-0.05, 0) is 38.3 Å². The molecular weight excluding hydrogens is 377 g/mol. The SMILES string of the molecule is Cc1ncsc1CCC(=O)NC1CCCN(c2ccc(C(F)(F)F)cn2)C1. The summed E-state index contributed by atoms with van der Waals surface area (Å²) in [6, 6.07) is 2.40. The molecule has 1 fully saturated rings. The van der Waals surface area contributed by atoms with Gasteiger partial charge in [-0.25, -0.2) is 9.97 Å². The van der Waals surface area contributed by atoms with E-state index in [-0.39, 0.29) is 11.9 Å². The number of hydrogen-bond acceptors (Lipinski definition) is 5. The van der Waals surface area contributed by atoms with Crippen molar-refractivity contribution in [3.8, 4) is 0 Å². The Balaban J connectivity index is 1.53. The lowest BCUT2D eigenvalue weighted by Gasteiger charge is -2.34. The lowest BCUT2D eigenvalue weighted by molar-refractivity contribution is -0.137. The summed E-state index contributed by atoms with van der Waals surface area (Å²) in [4.78, 5) is 23.4. The van der Waals surface area contributed by atoms with Crippen molar-refractivity contribution in [3.05, 3.63) is 40.0 Å². The second-order valence-corrected chi connectivity index (χ2v) is 7.56. The Kier molecular flexibility index (Phi) is 5.98. The molecular formula is C18H21F3N4OS. The fourth-order valence-electron chi connectivity index (χ4n) is 3.14. The van der Waals surface area contributed by atoms with Crippen LogP contribution in [0.1, 0.15) is 35.4 Å². The number of aromatic nitrogens is 2. The molecule has 3 heterocycles. The molecule has 0 bridgehead atoms. The van der Waals surface area contributed by atoms with Gasteiger partial charge in [0.05, 0.1) is 16.8 Å². The normalized spacial score (nSPS) is 17.8. The Hall–Kier alpha value is -2.16. The van der Waals surface area contributed by atoms with Crippen LogP contribution in [0.3, 0.4) is 0 Å². The third kappa shape index (κ3) is 5.18. The van der Waals surface area contributed by atoms with E-state index in [9.17, 15) is 18.0 Å². The van der Waals surface area contributed by atoms with Crippen molar-refractivity contribution >= 4 is 23.1 Å². The first-order valence-corrected chi connectivity index (χ1v) is 9.67. The van der Waals surface area contributed by atoms with Gasteiger partial charge >= 0.3 is 6.18 Å². The van der Waals surface area contributed by atoms with Gasteiger partial charge in [0.1, 0.15) is 5.82 Å². The number of amides is 1. The highest BCUT2D eigenvalue weighted by molar-refractivity contribution is 7.09. The summed E-state index contributed by atoms with van der Waals surface area (Å²) in [5.74, 6) is 0.484. The molecule has 1 N–H and O–H groups in total. The number of carbonyl (C=O) groups is 1. The monoisotopic (exact) mass is 398 g/mol. The molecule has 0 spiro atoms. The Morgan fingerprint density at radius 1 is 1.37 bits per heavy atom. The number of nitrogens with one attached hydrogen (secondary N) is 1. The van der Waals surface area contributed by atoms with Crippen LogP contribution in [0.25, 0.3) is 0 Å². The average Bonchev–Trinajstić information content (AvgIpc) is 3.04. The van der Waals surface area contributed by atoms with Gasteiger partial charge in [-0.15, -0.1) is 11.3 Å². The lowest BCUT2D eigenvalue weighted by Crippen LogP contribution is -2.48. The van der Waals surface area contributed by atoms with Crippen LogP contribution in [0.4, 0.5) is 19.0 Å². The first-order valence-electron chi connectivity index (χ1n) is 8.79. The highest BCUT2D eigenvalue weighted by Gasteiger charge is 2.31. The zero-order chi connectivity index (χ0) is 19.4. The summed E-state index contributed by atoms with van der Waals surface area (Å²) in [5, 5.41) is 3.03. The smallest absolute Gasteiger partial charge is 0.355 e. The van der Waals surface area contributed by atoms with Gasteiger partial charge in [-0.2, -0.15) is 13.2 Å². The molecule has 1 unspecified atom stereocenters. The number of piperidine rings is 1. The standard InChI is InChI=1S/C18H21F3N4OS/c1-12-15(27-11-23-12)5-7-17(26)24-14-3-2-8-25(10-14)16-6-4-13(9-22-16)18(19,20)21/h4,6,9,11,14H,2-3,5,7-8,10H2,1H3,(H,24,26). The molecule has 1 amide bonds. The minimum Gasteiger partial charge on any atom is -0.355 e. The molecule has 9 heteroatoms. The number of thiazole rings is 1. The van der Waals surface area contributed by atoms with Gasteiger partial charge in [0.15, 0.2) is 0 Å². The van der Waals surface area contributed by atoms with Gasteiger partial charge < -0.3 is 10.2 Å². The summed E-state index contributed by atoms with van der Waals surface area (Å²) >= 11 is 1.55. The average molecular weight is 398 g/mol. The quantitative estimate of drug-likeness (QED) is 0.836. The number of anilines is 1. The van der Waals surface area contributed by atoms with Gasteiger partial charge in [0, 0.05) is 36.6 Å². The van der Waals surface area contributed by atoms with E-state index in [1.54, 1.807) is 16.8 Å². The summed E-state index contributed by atoms with van der Waals surface area (Å²) in [7, 11) is 0. The van der Waals surface area contributed by atoms with Crippen LogP contribution in [-0.2, 0) is 17.4 Å². The van der Waals surface area contributed by atoms with Crippen LogP contribution < -0.4 is 10.2 Å². The van der Waals surface area contributed by atoms with E-state index >= 15 is 0 Å². The number of aryl methyl sites for hydroxylation is 2. The number of pyridine rings is 1. The van der Waals surface area contributed by atoms with Crippen molar-refractivity contribution in [3.63, 3.8) is 0 Å². The third-order valence-corrected chi connectivity index (χ3v) is 5.60. The first-order chi connectivity index (χ1) is 12.8. The van der Waals surface area contributed by atoms with Gasteiger partial charge in [-0.3, -0.25) is 4.79 Å². The van der Waals surface area contributed by atoms with E-state index in [0.717, 1.165) is 35.7 Å². The molecule has 1 aliphatic heterocycles. The van der Waals surface area contributed by atoms with Crippen molar-refractivity contribution in [2.75, 3.05) is 18.0 Å². The highest BCUT2D eigenvalue weighted by atomic mass is 32.1. The lowest BCUT2D eigenvalue weighted by atomic mass is 10.1. The minimum atomic E-state index is -4.39. The Morgan fingerprint density at radius 3 is 2.81 bits per heavy atom. The van der Waals surface area contributed by atoms with Crippen LogP contribution in [0.5, 0.6) is 0 Å². The van der Waals surface area contributed by atoms with Crippen molar-refractivity contribution in [1.29, 1.82) is 0 Å². The van der Waals surface area contributed by atoms with E-state index < -0.39 is 11.7 Å². The molecule has 0 radical (unpaired) electrons. The molecule has 0 saturated carbocycles. The van der Waals surface area contributed by atoms with E-state index in [0.29, 0.717) is 31.7 Å². The number of alkyl halides is 3. The topological polar surface area (TPSA) is 58.1 Å². The molecule has 5 nitrogen and oxygen atoms in total. The summed E-state index contributed by atoms with van der Waals surface area (Å²) in [6.45, 7) is 3.19. The molecule has 2 aromatic heterocycles. The summed E-state index contributed by atoms with van der Waals surface area (Å²) < 4.78 is 38.0. The van der Waals surface area contributed by atoms with Crippen molar-refractivity contribution in [2.24, 2.45) is 0 Å². The molecule has 0 aliphatic carbocycles. The zero-order valence-corrected chi connectivity index (χ0v) is 15.7. The number of rotatable bonds is 5. The van der Waals surface area contributed by atoms with Crippen LogP contribution in [0.15, 0.2) is 23.8 Å². The summed E-state index contributed by atoms with van der Waals surface area (Å²) in [5.41, 5.74) is 1.98. The van der Waals surface area contributed by atoms with Gasteiger partial charge in [-0.1, -0.05) is 0 Å². The Bertz CT molecular complexity index is 776. The molecule has 146 valence electrons. The predicted molar refractivity (Wildman–Crippen MR) is 97.8 cm³/mol.